The van der Waals surface area contributed by atoms with Crippen LogP contribution in [0, 0.1) is 0 Å². The number of carboxylic acid groups (broad SMARTS) is 1. The molecule has 1 heterocycles. The van der Waals surface area contributed by atoms with E-state index in [0.29, 0.717) is 17.9 Å². The third kappa shape index (κ3) is 4.84. The molecule has 1 aliphatic rings. The molecule has 1 saturated heterocycles. The quantitative estimate of drug-likeness (QED) is 0.799. The molecule has 2 atom stereocenters. The van der Waals surface area contributed by atoms with Crippen LogP contribution in [0.1, 0.15) is 37.3 Å². The lowest BCUT2D eigenvalue weighted by Gasteiger charge is -2.30. The van der Waals surface area contributed by atoms with Gasteiger partial charge in [-0.1, -0.05) is 12.1 Å². The molecule has 6 heteroatoms. The van der Waals surface area contributed by atoms with Crippen LogP contribution >= 0.6 is 0 Å². The molecule has 0 radical (unpaired) electrons. The van der Waals surface area contributed by atoms with Gasteiger partial charge in [0.2, 0.25) is 0 Å². The van der Waals surface area contributed by atoms with E-state index in [0.717, 1.165) is 31.5 Å². The van der Waals surface area contributed by atoms with Crippen molar-refractivity contribution in [2.75, 3.05) is 27.2 Å². The molecule has 0 aliphatic carbocycles. The van der Waals surface area contributed by atoms with Crippen molar-refractivity contribution in [2.24, 2.45) is 5.73 Å². The van der Waals surface area contributed by atoms with E-state index in [4.69, 9.17) is 20.3 Å². The molecule has 0 amide bonds. The van der Waals surface area contributed by atoms with Crippen LogP contribution in [0.15, 0.2) is 18.2 Å². The molecule has 1 fully saturated rings. The fraction of sp³-hybridized carbons (Fsp3) is 0.588. The summed E-state index contributed by atoms with van der Waals surface area (Å²) in [5.41, 5.74) is 6.92. The Kier molecular flexibility index (Phi) is 6.24. The summed E-state index contributed by atoms with van der Waals surface area (Å²) >= 11 is 0. The van der Waals surface area contributed by atoms with Gasteiger partial charge in [0.05, 0.1) is 7.11 Å². The van der Waals surface area contributed by atoms with Crippen LogP contribution in [0.4, 0.5) is 0 Å². The Morgan fingerprint density at radius 1 is 1.52 bits per heavy atom. The number of ether oxygens (including phenoxy) is 2. The Balaban J connectivity index is 2.13. The SMILES string of the molecule is COc1c(OC2CCCN(C)C2)cccc1C(N)CCC(=O)O. The second-order valence-electron chi connectivity index (χ2n) is 6.06. The van der Waals surface area contributed by atoms with Gasteiger partial charge in [-0.25, -0.2) is 0 Å². The minimum absolute atomic E-state index is 0.0306. The number of piperidine rings is 1. The van der Waals surface area contributed by atoms with Crippen LogP contribution in [-0.4, -0.2) is 49.3 Å². The molecule has 0 bridgehead atoms. The number of likely N-dealkylation sites (tertiary alicyclic amines) is 1. The van der Waals surface area contributed by atoms with E-state index in [9.17, 15) is 4.79 Å². The van der Waals surface area contributed by atoms with Gasteiger partial charge >= 0.3 is 5.97 Å². The molecule has 23 heavy (non-hydrogen) atoms. The zero-order valence-electron chi connectivity index (χ0n) is 13.8. The van der Waals surface area contributed by atoms with Crippen LogP contribution in [0.3, 0.4) is 0 Å². The molecule has 1 aromatic carbocycles. The van der Waals surface area contributed by atoms with Crippen molar-refractivity contribution in [2.45, 2.75) is 37.8 Å². The molecule has 0 saturated carbocycles. The Morgan fingerprint density at radius 2 is 2.30 bits per heavy atom. The zero-order chi connectivity index (χ0) is 16.8. The summed E-state index contributed by atoms with van der Waals surface area (Å²) in [5.74, 6) is 0.437. The number of carbonyl (C=O) groups is 1. The average Bonchev–Trinajstić information content (AvgIpc) is 2.52. The van der Waals surface area contributed by atoms with Crippen LogP contribution in [0.25, 0.3) is 0 Å². The standard InChI is InChI=1S/C17H26N2O4/c1-19-10-4-5-12(11-19)23-15-7-3-6-13(17(15)22-2)14(18)8-9-16(20)21/h3,6-7,12,14H,4-5,8-11,18H2,1-2H3,(H,20,21). The number of nitrogens with two attached hydrogens (primary N) is 1. The molecule has 1 aromatic rings. The highest BCUT2D eigenvalue weighted by molar-refractivity contribution is 5.66. The summed E-state index contributed by atoms with van der Waals surface area (Å²) in [5, 5.41) is 8.82. The van der Waals surface area contributed by atoms with Gasteiger partial charge in [-0.2, -0.15) is 0 Å². The van der Waals surface area contributed by atoms with Gasteiger partial charge in [0.1, 0.15) is 6.10 Å². The normalized spacial score (nSPS) is 20.0. The fourth-order valence-electron chi connectivity index (χ4n) is 2.97. The molecule has 6 nitrogen and oxygen atoms in total. The fourth-order valence-corrected chi connectivity index (χ4v) is 2.97. The number of hydrogen-bond donors (Lipinski definition) is 2. The third-order valence-corrected chi connectivity index (χ3v) is 4.16. The van der Waals surface area contributed by atoms with Crippen molar-refractivity contribution < 1.29 is 19.4 Å². The van der Waals surface area contributed by atoms with E-state index in [1.807, 2.05) is 18.2 Å². The van der Waals surface area contributed by atoms with Gasteiger partial charge in [-0.3, -0.25) is 4.79 Å². The molecule has 2 rings (SSSR count). The molecular weight excluding hydrogens is 296 g/mol. The van der Waals surface area contributed by atoms with Crippen molar-refractivity contribution in [3.05, 3.63) is 23.8 Å². The van der Waals surface area contributed by atoms with E-state index in [1.165, 1.54) is 0 Å². The Bertz CT molecular complexity index is 535. The second kappa shape index (κ2) is 8.17. The maximum atomic E-state index is 10.7. The van der Waals surface area contributed by atoms with Gasteiger partial charge in [0.25, 0.3) is 0 Å². The molecule has 128 valence electrons. The lowest BCUT2D eigenvalue weighted by molar-refractivity contribution is -0.137. The lowest BCUT2D eigenvalue weighted by Crippen LogP contribution is -2.38. The lowest BCUT2D eigenvalue weighted by atomic mass is 10.0. The average molecular weight is 322 g/mol. The predicted molar refractivity (Wildman–Crippen MR) is 87.9 cm³/mol. The highest BCUT2D eigenvalue weighted by Gasteiger charge is 2.22. The monoisotopic (exact) mass is 322 g/mol. The van der Waals surface area contributed by atoms with Crippen LogP contribution < -0.4 is 15.2 Å². The van der Waals surface area contributed by atoms with Crippen molar-refractivity contribution in [1.29, 1.82) is 0 Å². The third-order valence-electron chi connectivity index (χ3n) is 4.16. The Morgan fingerprint density at radius 3 is 2.96 bits per heavy atom. The minimum Gasteiger partial charge on any atom is -0.493 e. The molecule has 1 aliphatic heterocycles. The molecule has 3 N–H and O–H groups in total. The van der Waals surface area contributed by atoms with Crippen LogP contribution in [0.2, 0.25) is 0 Å². The van der Waals surface area contributed by atoms with E-state index >= 15 is 0 Å². The summed E-state index contributed by atoms with van der Waals surface area (Å²) in [6, 6.07) is 5.23. The van der Waals surface area contributed by atoms with Crippen molar-refractivity contribution in [3.63, 3.8) is 0 Å². The predicted octanol–water partition coefficient (Wildman–Crippen LogP) is 2.03. The van der Waals surface area contributed by atoms with Gasteiger partial charge in [0, 0.05) is 24.6 Å². The second-order valence-corrected chi connectivity index (χ2v) is 6.06. The minimum atomic E-state index is -0.850. The van der Waals surface area contributed by atoms with Gasteiger partial charge in [-0.15, -0.1) is 0 Å². The number of para-hydroxylation sites is 1. The number of carboxylic acids is 1. The summed E-state index contributed by atoms with van der Waals surface area (Å²) in [7, 11) is 3.67. The van der Waals surface area contributed by atoms with Crippen LogP contribution in [-0.2, 0) is 4.79 Å². The number of methoxy groups -OCH3 is 1. The Labute approximate surface area is 137 Å². The van der Waals surface area contributed by atoms with Crippen molar-refractivity contribution in [3.8, 4) is 11.5 Å². The van der Waals surface area contributed by atoms with E-state index in [1.54, 1.807) is 7.11 Å². The first-order valence-corrected chi connectivity index (χ1v) is 8.00. The number of nitrogens with zero attached hydrogens (tertiary/aromatic N) is 1. The number of rotatable bonds is 7. The van der Waals surface area contributed by atoms with E-state index < -0.39 is 12.0 Å². The summed E-state index contributed by atoms with van der Waals surface area (Å²) in [6.45, 7) is 1.98. The molecule has 2 unspecified atom stereocenters. The highest BCUT2D eigenvalue weighted by atomic mass is 16.5. The zero-order valence-corrected chi connectivity index (χ0v) is 13.8. The summed E-state index contributed by atoms with van der Waals surface area (Å²) in [4.78, 5) is 13.0. The topological polar surface area (TPSA) is 85.0 Å². The van der Waals surface area contributed by atoms with Crippen molar-refractivity contribution in [1.82, 2.24) is 4.90 Å². The van der Waals surface area contributed by atoms with Crippen LogP contribution in [0.5, 0.6) is 11.5 Å². The van der Waals surface area contributed by atoms with Gasteiger partial charge in [-0.05, 0) is 38.9 Å². The molecule has 0 aromatic heterocycles. The number of aliphatic carboxylic acids is 1. The van der Waals surface area contributed by atoms with Crippen molar-refractivity contribution >= 4 is 5.97 Å². The maximum absolute atomic E-state index is 10.7. The smallest absolute Gasteiger partial charge is 0.303 e. The molecule has 0 spiro atoms. The first kappa shape index (κ1) is 17.6. The first-order chi connectivity index (χ1) is 11.0. The number of likely N-dealkylation sites (N-methyl/N-ethyl adjacent to an activating group) is 1. The largest absolute Gasteiger partial charge is 0.493 e. The number of benzene rings is 1. The van der Waals surface area contributed by atoms with Gasteiger partial charge < -0.3 is 25.2 Å². The maximum Gasteiger partial charge on any atom is 0.303 e. The van der Waals surface area contributed by atoms with Gasteiger partial charge in [0.15, 0.2) is 11.5 Å². The summed E-state index contributed by atoms with van der Waals surface area (Å²) < 4.78 is 11.6. The molecular formula is C17H26N2O4. The van der Waals surface area contributed by atoms with E-state index in [-0.39, 0.29) is 12.5 Å². The number of hydrogen-bond acceptors (Lipinski definition) is 5. The summed E-state index contributed by atoms with van der Waals surface area (Å²) in [6.07, 6.45) is 2.65. The van der Waals surface area contributed by atoms with E-state index in [2.05, 4.69) is 11.9 Å². The highest BCUT2D eigenvalue weighted by Crippen LogP contribution is 2.36. The Hall–Kier alpha value is -1.79. The first-order valence-electron chi connectivity index (χ1n) is 8.00.